The van der Waals surface area contributed by atoms with Crippen molar-refractivity contribution in [1.82, 2.24) is 10.7 Å². The number of nitrogens with zero attached hydrogens (tertiary/aromatic N) is 1. The van der Waals surface area contributed by atoms with Gasteiger partial charge in [-0.2, -0.15) is 5.10 Å². The Labute approximate surface area is 140 Å². The van der Waals surface area contributed by atoms with Crippen LogP contribution >= 0.6 is 23.8 Å². The lowest BCUT2D eigenvalue weighted by Gasteiger charge is -2.06. The second kappa shape index (κ2) is 8.36. The van der Waals surface area contributed by atoms with Gasteiger partial charge in [-0.3, -0.25) is 5.43 Å². The summed E-state index contributed by atoms with van der Waals surface area (Å²) in [6, 6.07) is 15.2. The number of rotatable bonds is 5. The predicted molar refractivity (Wildman–Crippen MR) is 94.6 cm³/mol. The van der Waals surface area contributed by atoms with Crippen LogP contribution in [0.4, 0.5) is 0 Å². The molecule has 0 radical (unpaired) electrons. The Kier molecular flexibility index (Phi) is 6.18. The van der Waals surface area contributed by atoms with Crippen LogP contribution in [0.1, 0.15) is 11.1 Å². The molecule has 2 rings (SSSR count). The van der Waals surface area contributed by atoms with E-state index in [2.05, 4.69) is 15.8 Å². The highest BCUT2D eigenvalue weighted by atomic mass is 35.5. The minimum atomic E-state index is 0.471. The third-order valence-electron chi connectivity index (χ3n) is 2.81. The van der Waals surface area contributed by atoms with Crippen LogP contribution in [0.5, 0.6) is 5.75 Å². The maximum Gasteiger partial charge on any atom is 0.186 e. The molecule has 0 heterocycles. The molecule has 2 N–H and O–H groups in total. The zero-order chi connectivity index (χ0) is 15.8. The largest absolute Gasteiger partial charge is 0.489 e. The fraction of sp³-hybridized carbons (Fsp3) is 0.125. The fourth-order valence-electron chi connectivity index (χ4n) is 1.62. The maximum atomic E-state index is 5.85. The summed E-state index contributed by atoms with van der Waals surface area (Å²) in [5.41, 5.74) is 4.71. The zero-order valence-corrected chi connectivity index (χ0v) is 13.6. The minimum absolute atomic E-state index is 0.471. The summed E-state index contributed by atoms with van der Waals surface area (Å²) in [7, 11) is 1.73. The molecular weight excluding hydrogens is 318 g/mol. The topological polar surface area (TPSA) is 45.7 Å². The Hall–Kier alpha value is -2.11. The van der Waals surface area contributed by atoms with E-state index in [1.807, 2.05) is 48.5 Å². The first kappa shape index (κ1) is 16.3. The summed E-state index contributed by atoms with van der Waals surface area (Å²) in [6.07, 6.45) is 1.69. The smallest absolute Gasteiger partial charge is 0.186 e. The standard InChI is InChI=1S/C16H16ClN3OS/c1-18-16(22)20-19-10-12-4-8-15(9-5-12)21-11-13-2-6-14(17)7-3-13/h2-10H,11H2,1H3,(H2,18,20,22)/b19-10-. The Balaban J connectivity index is 1.86. The lowest BCUT2D eigenvalue weighted by Crippen LogP contribution is -2.28. The zero-order valence-electron chi connectivity index (χ0n) is 12.0. The van der Waals surface area contributed by atoms with E-state index in [9.17, 15) is 0 Å². The highest BCUT2D eigenvalue weighted by molar-refractivity contribution is 7.80. The molecule has 0 aliphatic carbocycles. The number of thiocarbonyl (C=S) groups is 1. The van der Waals surface area contributed by atoms with Crippen molar-refractivity contribution in [3.05, 3.63) is 64.7 Å². The fourth-order valence-corrected chi connectivity index (χ4v) is 1.80. The van der Waals surface area contributed by atoms with Gasteiger partial charge in [0.2, 0.25) is 0 Å². The van der Waals surface area contributed by atoms with Crippen LogP contribution in [0, 0.1) is 0 Å². The maximum absolute atomic E-state index is 5.85. The lowest BCUT2D eigenvalue weighted by molar-refractivity contribution is 0.306. The van der Waals surface area contributed by atoms with Crippen LogP contribution in [0.25, 0.3) is 0 Å². The Bertz CT molecular complexity index is 641. The van der Waals surface area contributed by atoms with E-state index in [1.54, 1.807) is 13.3 Å². The molecule has 0 unspecified atom stereocenters. The summed E-state index contributed by atoms with van der Waals surface area (Å²) < 4.78 is 5.71. The van der Waals surface area contributed by atoms with Gasteiger partial charge < -0.3 is 10.1 Å². The highest BCUT2D eigenvalue weighted by Gasteiger charge is 1.97. The quantitative estimate of drug-likeness (QED) is 0.500. The average Bonchev–Trinajstić information content (AvgIpc) is 2.55. The molecular formula is C16H16ClN3OS. The van der Waals surface area contributed by atoms with Gasteiger partial charge in [-0.15, -0.1) is 0 Å². The molecule has 2 aromatic rings. The van der Waals surface area contributed by atoms with Crippen LogP contribution in [0.15, 0.2) is 53.6 Å². The molecule has 0 saturated heterocycles. The van der Waals surface area contributed by atoms with Crippen LogP contribution in [0.3, 0.4) is 0 Å². The number of hydrazone groups is 1. The van der Waals surface area contributed by atoms with Crippen molar-refractivity contribution >= 4 is 35.1 Å². The number of hydrogen-bond acceptors (Lipinski definition) is 3. The van der Waals surface area contributed by atoms with Crippen molar-refractivity contribution in [3.63, 3.8) is 0 Å². The van der Waals surface area contributed by atoms with Crippen molar-refractivity contribution in [3.8, 4) is 5.75 Å². The lowest BCUT2D eigenvalue weighted by atomic mass is 10.2. The van der Waals surface area contributed by atoms with Crippen LogP contribution in [-0.4, -0.2) is 18.4 Å². The normalized spacial score (nSPS) is 10.5. The molecule has 6 heteroatoms. The molecule has 0 bridgehead atoms. The van der Waals surface area contributed by atoms with E-state index in [-0.39, 0.29) is 0 Å². The summed E-state index contributed by atoms with van der Waals surface area (Å²) in [6.45, 7) is 0.503. The summed E-state index contributed by atoms with van der Waals surface area (Å²) >= 11 is 10.8. The molecule has 0 amide bonds. The van der Waals surface area contributed by atoms with Crippen LogP contribution in [0.2, 0.25) is 5.02 Å². The van der Waals surface area contributed by atoms with Gasteiger partial charge in [0.05, 0.1) is 6.21 Å². The third kappa shape index (κ3) is 5.35. The summed E-state index contributed by atoms with van der Waals surface area (Å²) in [4.78, 5) is 0. The Morgan fingerprint density at radius 3 is 2.50 bits per heavy atom. The molecule has 0 fully saturated rings. The number of hydrogen-bond donors (Lipinski definition) is 2. The molecule has 22 heavy (non-hydrogen) atoms. The number of ether oxygens (including phenoxy) is 1. The Morgan fingerprint density at radius 1 is 1.18 bits per heavy atom. The molecule has 0 aromatic heterocycles. The molecule has 0 aliphatic rings. The van der Waals surface area contributed by atoms with E-state index in [4.69, 9.17) is 28.6 Å². The summed E-state index contributed by atoms with van der Waals surface area (Å²) in [5.74, 6) is 0.797. The van der Waals surface area contributed by atoms with Gasteiger partial charge in [0.15, 0.2) is 5.11 Å². The molecule has 0 spiro atoms. The number of halogens is 1. The van der Waals surface area contributed by atoms with Crippen LogP contribution in [-0.2, 0) is 6.61 Å². The Morgan fingerprint density at radius 2 is 1.86 bits per heavy atom. The molecule has 4 nitrogen and oxygen atoms in total. The molecule has 114 valence electrons. The van der Waals surface area contributed by atoms with Gasteiger partial charge in [-0.05, 0) is 59.7 Å². The van der Waals surface area contributed by atoms with E-state index < -0.39 is 0 Å². The number of benzene rings is 2. The van der Waals surface area contributed by atoms with E-state index >= 15 is 0 Å². The van der Waals surface area contributed by atoms with Crippen molar-refractivity contribution < 1.29 is 4.74 Å². The first-order chi connectivity index (χ1) is 10.7. The summed E-state index contributed by atoms with van der Waals surface area (Å²) in [5, 5.41) is 7.98. The van der Waals surface area contributed by atoms with Crippen molar-refractivity contribution in [2.24, 2.45) is 5.10 Å². The molecule has 0 atom stereocenters. The minimum Gasteiger partial charge on any atom is -0.489 e. The molecule has 2 aromatic carbocycles. The van der Waals surface area contributed by atoms with Gasteiger partial charge in [-0.25, -0.2) is 0 Å². The van der Waals surface area contributed by atoms with Crippen molar-refractivity contribution in [2.75, 3.05) is 7.05 Å². The van der Waals surface area contributed by atoms with Crippen LogP contribution < -0.4 is 15.5 Å². The van der Waals surface area contributed by atoms with Gasteiger partial charge in [0.25, 0.3) is 0 Å². The van der Waals surface area contributed by atoms with E-state index in [0.29, 0.717) is 11.7 Å². The second-order valence-corrected chi connectivity index (χ2v) is 5.28. The highest BCUT2D eigenvalue weighted by Crippen LogP contribution is 2.15. The SMILES string of the molecule is CNC(=S)N/N=C\c1ccc(OCc2ccc(Cl)cc2)cc1. The first-order valence-electron chi connectivity index (χ1n) is 6.65. The van der Waals surface area contributed by atoms with E-state index in [1.165, 1.54) is 0 Å². The van der Waals surface area contributed by atoms with Gasteiger partial charge >= 0.3 is 0 Å². The molecule has 0 saturated carbocycles. The van der Waals surface area contributed by atoms with E-state index in [0.717, 1.165) is 21.9 Å². The van der Waals surface area contributed by atoms with Crippen molar-refractivity contribution in [2.45, 2.75) is 6.61 Å². The monoisotopic (exact) mass is 333 g/mol. The van der Waals surface area contributed by atoms with Gasteiger partial charge in [0, 0.05) is 12.1 Å². The molecule has 0 aliphatic heterocycles. The van der Waals surface area contributed by atoms with Gasteiger partial charge in [-0.1, -0.05) is 23.7 Å². The average molecular weight is 334 g/mol. The second-order valence-electron chi connectivity index (χ2n) is 4.43. The van der Waals surface area contributed by atoms with Gasteiger partial charge in [0.1, 0.15) is 12.4 Å². The predicted octanol–water partition coefficient (Wildman–Crippen LogP) is 3.35. The third-order valence-corrected chi connectivity index (χ3v) is 3.35. The number of nitrogens with one attached hydrogen (secondary N) is 2. The first-order valence-corrected chi connectivity index (χ1v) is 7.44. The van der Waals surface area contributed by atoms with Crippen molar-refractivity contribution in [1.29, 1.82) is 0 Å².